The average Bonchev–Trinajstić information content (AvgIpc) is 3.10. The maximum Gasteiger partial charge on any atom is 0.300 e. The molecule has 0 radical (unpaired) electrons. The molecule has 0 spiro atoms. The van der Waals surface area contributed by atoms with Crippen molar-refractivity contribution < 1.29 is 19.4 Å². The van der Waals surface area contributed by atoms with Gasteiger partial charge in [-0.2, -0.15) is 0 Å². The smallest absolute Gasteiger partial charge is 0.300 e. The van der Waals surface area contributed by atoms with E-state index >= 15 is 0 Å². The summed E-state index contributed by atoms with van der Waals surface area (Å²) in [7, 11) is 0. The second-order valence-corrected chi connectivity index (χ2v) is 8.13. The molecule has 3 aromatic carbocycles. The van der Waals surface area contributed by atoms with E-state index in [1.54, 1.807) is 60.7 Å². The molecule has 1 fully saturated rings. The summed E-state index contributed by atoms with van der Waals surface area (Å²) in [6.07, 6.45) is 0.855. The Hall–Kier alpha value is -3.57. The van der Waals surface area contributed by atoms with Crippen molar-refractivity contribution in [2.75, 3.05) is 11.5 Å². The summed E-state index contributed by atoms with van der Waals surface area (Å²) in [6, 6.07) is 20.4. The highest BCUT2D eigenvalue weighted by atomic mass is 35.5. The Bertz CT molecular complexity index is 1200. The van der Waals surface area contributed by atoms with Crippen LogP contribution in [0, 0.1) is 0 Å². The van der Waals surface area contributed by atoms with E-state index in [0.717, 1.165) is 12.0 Å². The van der Waals surface area contributed by atoms with E-state index in [-0.39, 0.29) is 11.3 Å². The Labute approximate surface area is 197 Å². The van der Waals surface area contributed by atoms with Crippen LogP contribution in [0.15, 0.2) is 78.4 Å². The zero-order valence-electron chi connectivity index (χ0n) is 18.4. The molecule has 1 atom stereocenters. The molecule has 0 aliphatic carbocycles. The number of benzene rings is 3. The van der Waals surface area contributed by atoms with E-state index in [4.69, 9.17) is 16.3 Å². The molecular formula is C27H24ClNO4. The predicted molar refractivity (Wildman–Crippen MR) is 130 cm³/mol. The highest BCUT2D eigenvalue weighted by Crippen LogP contribution is 2.42. The van der Waals surface area contributed by atoms with Gasteiger partial charge in [0.15, 0.2) is 0 Å². The van der Waals surface area contributed by atoms with Crippen molar-refractivity contribution in [1.82, 2.24) is 0 Å². The fraction of sp³-hybridized carbons (Fsp3) is 0.185. The Morgan fingerprint density at radius 3 is 2.15 bits per heavy atom. The van der Waals surface area contributed by atoms with Gasteiger partial charge in [-0.05, 0) is 60.9 Å². The molecule has 168 valence electrons. The fourth-order valence-electron chi connectivity index (χ4n) is 3.98. The van der Waals surface area contributed by atoms with Gasteiger partial charge in [-0.3, -0.25) is 14.5 Å². The third kappa shape index (κ3) is 4.37. The molecule has 6 heteroatoms. The molecule has 4 rings (SSSR count). The number of ether oxygens (including phenoxy) is 1. The van der Waals surface area contributed by atoms with Crippen LogP contribution in [-0.4, -0.2) is 23.4 Å². The molecule has 1 saturated heterocycles. The Morgan fingerprint density at radius 2 is 1.58 bits per heavy atom. The molecule has 1 amide bonds. The van der Waals surface area contributed by atoms with Gasteiger partial charge < -0.3 is 9.84 Å². The van der Waals surface area contributed by atoms with E-state index in [0.29, 0.717) is 34.2 Å². The second kappa shape index (κ2) is 9.51. The molecule has 1 aliphatic heterocycles. The Morgan fingerprint density at radius 1 is 0.939 bits per heavy atom. The zero-order valence-corrected chi connectivity index (χ0v) is 19.2. The van der Waals surface area contributed by atoms with Crippen molar-refractivity contribution in [3.05, 3.63) is 100 Å². The van der Waals surface area contributed by atoms with E-state index in [1.807, 2.05) is 26.0 Å². The van der Waals surface area contributed by atoms with E-state index in [1.165, 1.54) is 4.90 Å². The predicted octanol–water partition coefficient (Wildman–Crippen LogP) is 5.93. The van der Waals surface area contributed by atoms with Crippen LogP contribution >= 0.6 is 11.6 Å². The molecule has 0 saturated carbocycles. The number of anilines is 1. The Kier molecular flexibility index (Phi) is 6.52. The highest BCUT2D eigenvalue weighted by Gasteiger charge is 2.46. The Balaban J connectivity index is 1.86. The lowest BCUT2D eigenvalue weighted by atomic mass is 9.94. The van der Waals surface area contributed by atoms with Gasteiger partial charge in [-0.25, -0.2) is 0 Å². The molecule has 0 bridgehead atoms. The van der Waals surface area contributed by atoms with E-state index in [2.05, 4.69) is 0 Å². The molecule has 33 heavy (non-hydrogen) atoms. The second-order valence-electron chi connectivity index (χ2n) is 7.70. The number of Topliss-reactive ketones (excluding diaryl/α,β-unsaturated/α-hetero) is 1. The summed E-state index contributed by atoms with van der Waals surface area (Å²) in [5.74, 6) is -0.979. The SMILES string of the molecule is CCOc1ccc(N2C(=O)C(=O)/C(=C(/O)c3ccc(CC)cc3)C2c2ccc(Cl)cc2)cc1. The number of aliphatic hydroxyl groups excluding tert-OH is 1. The molecule has 1 heterocycles. The molecular weight excluding hydrogens is 438 g/mol. The third-order valence-electron chi connectivity index (χ3n) is 5.69. The monoisotopic (exact) mass is 461 g/mol. The number of aliphatic hydroxyl groups is 1. The molecule has 0 aromatic heterocycles. The number of ketones is 1. The average molecular weight is 462 g/mol. The molecule has 3 aromatic rings. The van der Waals surface area contributed by atoms with Crippen molar-refractivity contribution in [3.63, 3.8) is 0 Å². The summed E-state index contributed by atoms with van der Waals surface area (Å²) < 4.78 is 5.50. The molecule has 1 unspecified atom stereocenters. The summed E-state index contributed by atoms with van der Waals surface area (Å²) in [6.45, 7) is 4.45. The first-order chi connectivity index (χ1) is 15.9. The number of hydrogen-bond acceptors (Lipinski definition) is 4. The topological polar surface area (TPSA) is 66.8 Å². The van der Waals surface area contributed by atoms with Crippen LogP contribution in [0.3, 0.4) is 0 Å². The molecule has 1 N–H and O–H groups in total. The number of amides is 1. The molecule has 5 nitrogen and oxygen atoms in total. The maximum absolute atomic E-state index is 13.2. The van der Waals surface area contributed by atoms with Gasteiger partial charge in [0, 0.05) is 16.3 Å². The first kappa shape index (κ1) is 22.6. The summed E-state index contributed by atoms with van der Waals surface area (Å²) >= 11 is 6.08. The van der Waals surface area contributed by atoms with E-state index < -0.39 is 17.7 Å². The van der Waals surface area contributed by atoms with Crippen LogP contribution in [0.1, 0.15) is 36.6 Å². The number of nitrogens with zero attached hydrogens (tertiary/aromatic N) is 1. The van der Waals surface area contributed by atoms with Crippen LogP contribution in [-0.2, 0) is 16.0 Å². The molecule has 1 aliphatic rings. The van der Waals surface area contributed by atoms with Crippen LogP contribution in [0.4, 0.5) is 5.69 Å². The number of carbonyl (C=O) groups is 2. The summed E-state index contributed by atoms with van der Waals surface area (Å²) in [5, 5.41) is 11.7. The zero-order chi connectivity index (χ0) is 23.5. The minimum Gasteiger partial charge on any atom is -0.507 e. The van der Waals surface area contributed by atoms with Crippen LogP contribution < -0.4 is 9.64 Å². The van der Waals surface area contributed by atoms with Gasteiger partial charge in [0.05, 0.1) is 18.2 Å². The lowest BCUT2D eigenvalue weighted by Crippen LogP contribution is -2.29. The van der Waals surface area contributed by atoms with Crippen molar-refractivity contribution in [3.8, 4) is 5.75 Å². The minimum absolute atomic E-state index is 0.0421. The van der Waals surface area contributed by atoms with Gasteiger partial charge in [0.2, 0.25) is 0 Å². The van der Waals surface area contributed by atoms with Crippen LogP contribution in [0.25, 0.3) is 5.76 Å². The number of rotatable bonds is 6. The van der Waals surface area contributed by atoms with E-state index in [9.17, 15) is 14.7 Å². The van der Waals surface area contributed by atoms with Crippen molar-refractivity contribution >= 4 is 34.7 Å². The largest absolute Gasteiger partial charge is 0.507 e. The van der Waals surface area contributed by atoms with Crippen LogP contribution in [0.2, 0.25) is 5.02 Å². The standard InChI is InChI=1S/C27H24ClNO4/c1-3-17-5-7-19(8-6-17)25(30)23-24(18-9-11-20(28)12-10-18)29(27(32)26(23)31)21-13-15-22(16-14-21)33-4-2/h5-16,24,30H,3-4H2,1-2H3/b25-23+. The lowest BCUT2D eigenvalue weighted by Gasteiger charge is -2.25. The van der Waals surface area contributed by atoms with Gasteiger partial charge in [0.25, 0.3) is 11.7 Å². The summed E-state index contributed by atoms with van der Waals surface area (Å²) in [5.41, 5.74) is 2.83. The number of halogens is 1. The maximum atomic E-state index is 13.2. The fourth-order valence-corrected chi connectivity index (χ4v) is 4.11. The quantitative estimate of drug-likeness (QED) is 0.281. The number of carbonyl (C=O) groups excluding carboxylic acids is 2. The minimum atomic E-state index is -0.800. The summed E-state index contributed by atoms with van der Waals surface area (Å²) in [4.78, 5) is 27.8. The van der Waals surface area contributed by atoms with Gasteiger partial charge in [-0.1, -0.05) is 54.9 Å². The van der Waals surface area contributed by atoms with Gasteiger partial charge >= 0.3 is 0 Å². The van der Waals surface area contributed by atoms with Gasteiger partial charge in [0.1, 0.15) is 11.5 Å². The first-order valence-electron chi connectivity index (χ1n) is 10.8. The normalized spacial score (nSPS) is 17.4. The van der Waals surface area contributed by atoms with Gasteiger partial charge in [-0.15, -0.1) is 0 Å². The first-order valence-corrected chi connectivity index (χ1v) is 11.2. The third-order valence-corrected chi connectivity index (χ3v) is 5.94. The van der Waals surface area contributed by atoms with Crippen molar-refractivity contribution in [2.45, 2.75) is 26.3 Å². The van der Waals surface area contributed by atoms with Crippen molar-refractivity contribution in [2.24, 2.45) is 0 Å². The highest BCUT2D eigenvalue weighted by molar-refractivity contribution is 6.51. The van der Waals surface area contributed by atoms with Crippen LogP contribution in [0.5, 0.6) is 5.75 Å². The number of hydrogen-bond donors (Lipinski definition) is 1. The lowest BCUT2D eigenvalue weighted by molar-refractivity contribution is -0.132. The van der Waals surface area contributed by atoms with Crippen molar-refractivity contribution in [1.29, 1.82) is 0 Å². The number of aryl methyl sites for hydroxylation is 1.